The summed E-state index contributed by atoms with van der Waals surface area (Å²) in [6.45, 7) is 2.09. The van der Waals surface area contributed by atoms with Crippen LogP contribution in [0.2, 0.25) is 0 Å². The number of aliphatic hydroxyl groups is 1. The first-order valence-electron chi connectivity index (χ1n) is 3.60. The largest absolute Gasteiger partial charge is 0.393 e. The van der Waals surface area contributed by atoms with E-state index in [-0.39, 0.29) is 11.6 Å². The Labute approximate surface area is 55.1 Å². The Balaban J connectivity index is 2.15. The van der Waals surface area contributed by atoms with E-state index in [9.17, 15) is 5.11 Å². The van der Waals surface area contributed by atoms with Gasteiger partial charge >= 0.3 is 0 Å². The van der Waals surface area contributed by atoms with Gasteiger partial charge in [-0.2, -0.15) is 0 Å². The maximum Gasteiger partial charge on any atom is 0.0586 e. The lowest BCUT2D eigenvalue weighted by Crippen LogP contribution is -2.23. The first kappa shape index (κ1) is 5.69. The summed E-state index contributed by atoms with van der Waals surface area (Å²) in [5.41, 5.74) is 5.93. The van der Waals surface area contributed by atoms with Crippen LogP contribution in [0.25, 0.3) is 0 Å². The minimum absolute atomic E-state index is 0.0544. The van der Waals surface area contributed by atoms with Gasteiger partial charge in [-0.25, -0.2) is 0 Å². The number of nitrogens with two attached hydrogens (primary N) is 1. The molecule has 2 rings (SSSR count). The van der Waals surface area contributed by atoms with E-state index in [0.29, 0.717) is 11.8 Å². The summed E-state index contributed by atoms with van der Waals surface area (Å²) in [6, 6.07) is 0. The number of fused-ring (bicyclic) bond motifs is 1. The molecule has 0 spiro atoms. The lowest BCUT2D eigenvalue weighted by atomic mass is 10.0. The van der Waals surface area contributed by atoms with Gasteiger partial charge in [0.2, 0.25) is 0 Å². The molecule has 0 aromatic carbocycles. The highest BCUT2D eigenvalue weighted by atomic mass is 16.3. The van der Waals surface area contributed by atoms with E-state index in [1.165, 1.54) is 0 Å². The first-order chi connectivity index (χ1) is 4.13. The van der Waals surface area contributed by atoms with Crippen molar-refractivity contribution in [2.24, 2.45) is 17.6 Å². The highest BCUT2D eigenvalue weighted by molar-refractivity contribution is 5.17. The van der Waals surface area contributed by atoms with Crippen LogP contribution in [0, 0.1) is 11.8 Å². The molecule has 2 heteroatoms. The van der Waals surface area contributed by atoms with Crippen molar-refractivity contribution in [3.63, 3.8) is 0 Å². The van der Waals surface area contributed by atoms with E-state index in [0.717, 1.165) is 12.8 Å². The second-order valence-electron chi connectivity index (χ2n) is 3.67. The minimum atomic E-state index is -0.117. The number of rotatable bonds is 0. The average molecular weight is 127 g/mol. The maximum absolute atomic E-state index is 9.28. The van der Waals surface area contributed by atoms with Crippen molar-refractivity contribution in [3.05, 3.63) is 0 Å². The van der Waals surface area contributed by atoms with E-state index >= 15 is 0 Å². The van der Waals surface area contributed by atoms with Crippen LogP contribution < -0.4 is 5.73 Å². The summed E-state index contributed by atoms with van der Waals surface area (Å²) >= 11 is 0. The Bertz CT molecular complexity index is 148. The summed E-state index contributed by atoms with van der Waals surface area (Å²) in [5, 5.41) is 9.28. The molecule has 3 N–H and O–H groups in total. The quantitative estimate of drug-likeness (QED) is 0.485. The maximum atomic E-state index is 9.28. The van der Waals surface area contributed by atoms with Gasteiger partial charge in [-0.1, -0.05) is 6.92 Å². The molecule has 2 nitrogen and oxygen atoms in total. The fourth-order valence-corrected chi connectivity index (χ4v) is 2.14. The van der Waals surface area contributed by atoms with E-state index in [2.05, 4.69) is 6.92 Å². The Morgan fingerprint density at radius 2 is 2.22 bits per heavy atom. The fourth-order valence-electron chi connectivity index (χ4n) is 2.14. The van der Waals surface area contributed by atoms with Crippen LogP contribution in [0.1, 0.15) is 19.8 Å². The van der Waals surface area contributed by atoms with Gasteiger partial charge in [-0.05, 0) is 24.7 Å². The van der Waals surface area contributed by atoms with Gasteiger partial charge in [-0.3, -0.25) is 0 Å². The van der Waals surface area contributed by atoms with Gasteiger partial charge < -0.3 is 10.8 Å². The molecule has 2 aliphatic carbocycles. The number of aliphatic hydroxyl groups excluding tert-OH is 1. The second-order valence-corrected chi connectivity index (χ2v) is 3.67. The van der Waals surface area contributed by atoms with E-state index in [4.69, 9.17) is 5.73 Å². The Morgan fingerprint density at radius 1 is 1.56 bits per heavy atom. The first-order valence-corrected chi connectivity index (χ1v) is 3.60. The minimum Gasteiger partial charge on any atom is -0.393 e. The molecule has 2 fully saturated rings. The standard InChI is InChI=1S/C7H13NO/c1-4-5-2-7(5,8)3-6(4)9/h4-6,9H,2-3,8H2,1H3. The zero-order valence-electron chi connectivity index (χ0n) is 5.67. The predicted octanol–water partition coefficient (Wildman–Crippen LogP) is 0.104. The number of hydrogen-bond acceptors (Lipinski definition) is 2. The van der Waals surface area contributed by atoms with Gasteiger partial charge in [0.15, 0.2) is 0 Å². The highest BCUT2D eigenvalue weighted by Gasteiger charge is 2.61. The van der Waals surface area contributed by atoms with Gasteiger partial charge in [0.1, 0.15) is 0 Å². The van der Waals surface area contributed by atoms with Crippen molar-refractivity contribution < 1.29 is 5.11 Å². The summed E-state index contributed by atoms with van der Waals surface area (Å²) < 4.78 is 0. The molecule has 0 bridgehead atoms. The van der Waals surface area contributed by atoms with Gasteiger partial charge in [-0.15, -0.1) is 0 Å². The van der Waals surface area contributed by atoms with Crippen LogP contribution in [0.15, 0.2) is 0 Å². The summed E-state index contributed by atoms with van der Waals surface area (Å²) in [4.78, 5) is 0. The van der Waals surface area contributed by atoms with Gasteiger partial charge in [0.25, 0.3) is 0 Å². The molecule has 4 atom stereocenters. The zero-order valence-corrected chi connectivity index (χ0v) is 5.67. The van der Waals surface area contributed by atoms with E-state index in [1.54, 1.807) is 0 Å². The van der Waals surface area contributed by atoms with Crippen LogP contribution in [-0.4, -0.2) is 16.7 Å². The molecule has 0 aromatic rings. The third-order valence-corrected chi connectivity index (χ3v) is 3.01. The predicted molar refractivity (Wildman–Crippen MR) is 34.8 cm³/mol. The lowest BCUT2D eigenvalue weighted by Gasteiger charge is -2.10. The van der Waals surface area contributed by atoms with Crippen LogP contribution in [0.5, 0.6) is 0 Å². The summed E-state index contributed by atoms with van der Waals surface area (Å²) in [5.74, 6) is 1.09. The molecular formula is C7H13NO. The Hall–Kier alpha value is -0.0800. The van der Waals surface area contributed by atoms with Crippen molar-refractivity contribution in [2.45, 2.75) is 31.4 Å². The van der Waals surface area contributed by atoms with Crippen LogP contribution in [0.4, 0.5) is 0 Å². The van der Waals surface area contributed by atoms with Crippen molar-refractivity contribution >= 4 is 0 Å². The summed E-state index contributed by atoms with van der Waals surface area (Å²) in [7, 11) is 0. The fraction of sp³-hybridized carbons (Fsp3) is 1.00. The molecule has 0 saturated heterocycles. The monoisotopic (exact) mass is 127 g/mol. The average Bonchev–Trinajstić information content (AvgIpc) is 2.34. The van der Waals surface area contributed by atoms with Gasteiger partial charge in [0, 0.05) is 5.54 Å². The molecule has 0 aliphatic heterocycles. The van der Waals surface area contributed by atoms with Crippen LogP contribution in [0.3, 0.4) is 0 Å². The zero-order chi connectivity index (χ0) is 6.65. The summed E-state index contributed by atoms with van der Waals surface area (Å²) in [6.07, 6.45) is 1.86. The van der Waals surface area contributed by atoms with E-state index < -0.39 is 0 Å². The molecule has 52 valence electrons. The Kier molecular flexibility index (Phi) is 0.837. The van der Waals surface area contributed by atoms with Crippen molar-refractivity contribution in [1.29, 1.82) is 0 Å². The second kappa shape index (κ2) is 1.32. The molecule has 0 amide bonds. The lowest BCUT2D eigenvalue weighted by molar-refractivity contribution is 0.121. The topological polar surface area (TPSA) is 46.2 Å². The smallest absolute Gasteiger partial charge is 0.0586 e. The molecule has 2 aliphatic rings. The molecule has 0 heterocycles. The third kappa shape index (κ3) is 0.578. The molecule has 4 unspecified atom stereocenters. The molecule has 0 aromatic heterocycles. The van der Waals surface area contributed by atoms with Crippen LogP contribution >= 0.6 is 0 Å². The number of hydrogen-bond donors (Lipinski definition) is 2. The molecule has 2 saturated carbocycles. The van der Waals surface area contributed by atoms with Crippen molar-refractivity contribution in [3.8, 4) is 0 Å². The molecular weight excluding hydrogens is 114 g/mol. The molecule has 9 heavy (non-hydrogen) atoms. The van der Waals surface area contributed by atoms with Crippen LogP contribution in [-0.2, 0) is 0 Å². The van der Waals surface area contributed by atoms with Gasteiger partial charge in [0.05, 0.1) is 6.10 Å². The Morgan fingerprint density at radius 3 is 2.44 bits per heavy atom. The normalized spacial score (nSPS) is 63.7. The SMILES string of the molecule is CC1C(O)CC2(N)CC12. The molecule has 0 radical (unpaired) electrons. The van der Waals surface area contributed by atoms with E-state index in [1.807, 2.05) is 0 Å². The van der Waals surface area contributed by atoms with Crippen molar-refractivity contribution in [2.75, 3.05) is 0 Å². The van der Waals surface area contributed by atoms with Crippen molar-refractivity contribution in [1.82, 2.24) is 0 Å². The third-order valence-electron chi connectivity index (χ3n) is 3.01. The highest BCUT2D eigenvalue weighted by Crippen LogP contribution is 2.56.